The van der Waals surface area contributed by atoms with Gasteiger partial charge in [-0.05, 0) is 49.2 Å². The first-order valence-electron chi connectivity index (χ1n) is 11.5. The van der Waals surface area contributed by atoms with Crippen molar-refractivity contribution in [3.63, 3.8) is 0 Å². The largest absolute Gasteiger partial charge is 0.497 e. The molecule has 0 bridgehead atoms. The third-order valence-electron chi connectivity index (χ3n) is 6.28. The third-order valence-corrected chi connectivity index (χ3v) is 6.28. The fourth-order valence-corrected chi connectivity index (χ4v) is 4.16. The number of rotatable bonds is 9. The second kappa shape index (κ2) is 11.0. The van der Waals surface area contributed by atoms with Crippen LogP contribution < -0.4 is 4.74 Å². The zero-order chi connectivity index (χ0) is 23.0. The molecule has 2 aromatic heterocycles. The number of aryl methyl sites for hydroxylation is 1. The summed E-state index contributed by atoms with van der Waals surface area (Å²) in [6, 6.07) is 13.8. The van der Waals surface area contributed by atoms with E-state index < -0.39 is 0 Å². The molecule has 8 nitrogen and oxygen atoms in total. The molecule has 174 valence electrons. The zero-order valence-electron chi connectivity index (χ0n) is 19.3. The molecule has 8 heteroatoms. The second-order valence-electron chi connectivity index (χ2n) is 8.39. The number of methoxy groups -OCH3 is 1. The van der Waals surface area contributed by atoms with E-state index in [1.54, 1.807) is 7.11 Å². The molecule has 0 unspecified atom stereocenters. The first-order valence-corrected chi connectivity index (χ1v) is 11.5. The number of hydrogen-bond donors (Lipinski definition) is 0. The maximum Gasteiger partial charge on any atom is 0.227 e. The summed E-state index contributed by atoms with van der Waals surface area (Å²) in [4.78, 5) is 25.9. The standard InChI is InChI=1S/C25H31N5O3/c1-29(21-13-17-30(18-14-21)16-12-20-5-3-4-15-26-20)24(31)11-10-23-27-25(28-33-23)19-6-8-22(32-2)9-7-19/h3-9,15,21H,10-14,16-18H2,1-2H3. The molecular formula is C25H31N5O3. The maximum atomic E-state index is 12.8. The minimum Gasteiger partial charge on any atom is -0.497 e. The van der Waals surface area contributed by atoms with Crippen molar-refractivity contribution in [3.05, 3.63) is 60.2 Å². The number of benzene rings is 1. The van der Waals surface area contributed by atoms with Crippen LogP contribution in [0.2, 0.25) is 0 Å². The average Bonchev–Trinajstić information content (AvgIpc) is 3.35. The van der Waals surface area contributed by atoms with Crippen LogP contribution in [-0.2, 0) is 17.6 Å². The van der Waals surface area contributed by atoms with E-state index in [4.69, 9.17) is 9.26 Å². The van der Waals surface area contributed by atoms with E-state index in [0.717, 1.165) is 55.9 Å². The van der Waals surface area contributed by atoms with Crippen molar-refractivity contribution in [2.75, 3.05) is 33.8 Å². The lowest BCUT2D eigenvalue weighted by molar-refractivity contribution is -0.132. The molecule has 0 atom stereocenters. The van der Waals surface area contributed by atoms with Gasteiger partial charge in [-0.2, -0.15) is 4.98 Å². The number of nitrogens with zero attached hydrogens (tertiary/aromatic N) is 5. The van der Waals surface area contributed by atoms with Gasteiger partial charge in [-0.15, -0.1) is 0 Å². The highest BCUT2D eigenvalue weighted by Crippen LogP contribution is 2.21. The quantitative estimate of drug-likeness (QED) is 0.496. The Kier molecular flexibility index (Phi) is 7.67. The van der Waals surface area contributed by atoms with Crippen molar-refractivity contribution in [3.8, 4) is 17.1 Å². The van der Waals surface area contributed by atoms with Crippen molar-refractivity contribution in [1.82, 2.24) is 24.9 Å². The first-order chi connectivity index (χ1) is 16.1. The summed E-state index contributed by atoms with van der Waals surface area (Å²) < 4.78 is 10.5. The van der Waals surface area contributed by atoms with E-state index >= 15 is 0 Å². The van der Waals surface area contributed by atoms with Crippen LogP contribution in [0.15, 0.2) is 53.2 Å². The first kappa shape index (κ1) is 22.9. The number of pyridine rings is 1. The molecule has 1 aromatic carbocycles. The highest BCUT2D eigenvalue weighted by atomic mass is 16.5. The van der Waals surface area contributed by atoms with Crippen molar-refractivity contribution in [2.45, 2.75) is 38.1 Å². The minimum absolute atomic E-state index is 0.117. The van der Waals surface area contributed by atoms with Gasteiger partial charge in [0.2, 0.25) is 17.6 Å². The fraction of sp³-hybridized carbons (Fsp3) is 0.440. The Labute approximate surface area is 194 Å². The molecule has 0 N–H and O–H groups in total. The second-order valence-corrected chi connectivity index (χ2v) is 8.39. The molecule has 4 rings (SSSR count). The van der Waals surface area contributed by atoms with Crippen LogP contribution in [0.3, 0.4) is 0 Å². The van der Waals surface area contributed by atoms with Gasteiger partial charge in [-0.25, -0.2) is 0 Å². The van der Waals surface area contributed by atoms with Gasteiger partial charge in [-0.1, -0.05) is 11.2 Å². The van der Waals surface area contributed by atoms with Gasteiger partial charge in [0.1, 0.15) is 5.75 Å². The van der Waals surface area contributed by atoms with E-state index in [1.807, 2.05) is 54.5 Å². The maximum absolute atomic E-state index is 12.8. The number of aromatic nitrogens is 3. The van der Waals surface area contributed by atoms with Gasteiger partial charge in [0, 0.05) is 69.4 Å². The van der Waals surface area contributed by atoms with Crippen molar-refractivity contribution in [1.29, 1.82) is 0 Å². The molecule has 0 aliphatic carbocycles. The summed E-state index contributed by atoms with van der Waals surface area (Å²) in [5.74, 6) is 1.89. The van der Waals surface area contributed by atoms with E-state index in [0.29, 0.717) is 24.6 Å². The average molecular weight is 450 g/mol. The number of piperidine rings is 1. The molecule has 1 aliphatic heterocycles. The summed E-state index contributed by atoms with van der Waals surface area (Å²) in [7, 11) is 3.54. The molecule has 3 heterocycles. The lowest BCUT2D eigenvalue weighted by Gasteiger charge is -2.36. The number of carbonyl (C=O) groups excluding carboxylic acids is 1. The number of carbonyl (C=O) groups is 1. The molecule has 1 fully saturated rings. The summed E-state index contributed by atoms with van der Waals surface area (Å²) in [5.41, 5.74) is 1.98. The van der Waals surface area contributed by atoms with Crippen molar-refractivity contribution in [2.24, 2.45) is 0 Å². The zero-order valence-corrected chi connectivity index (χ0v) is 19.3. The molecule has 0 radical (unpaired) electrons. The highest BCUT2D eigenvalue weighted by Gasteiger charge is 2.25. The van der Waals surface area contributed by atoms with Gasteiger partial charge in [0.05, 0.1) is 7.11 Å². The Morgan fingerprint density at radius 2 is 1.94 bits per heavy atom. The fourth-order valence-electron chi connectivity index (χ4n) is 4.16. The molecule has 1 saturated heterocycles. The molecule has 0 saturated carbocycles. The Bertz CT molecular complexity index is 1010. The Morgan fingerprint density at radius 1 is 1.15 bits per heavy atom. The van der Waals surface area contributed by atoms with Gasteiger partial charge >= 0.3 is 0 Å². The predicted molar refractivity (Wildman–Crippen MR) is 125 cm³/mol. The summed E-state index contributed by atoms with van der Waals surface area (Å²) in [6.45, 7) is 3.02. The molecule has 0 spiro atoms. The molecular weight excluding hydrogens is 418 g/mol. The van der Waals surface area contributed by atoms with Gasteiger partial charge < -0.3 is 19.1 Å². The monoisotopic (exact) mass is 449 g/mol. The number of amides is 1. The van der Waals surface area contributed by atoms with Gasteiger partial charge in [-0.3, -0.25) is 9.78 Å². The Hall–Kier alpha value is -3.26. The van der Waals surface area contributed by atoms with E-state index in [9.17, 15) is 4.79 Å². The van der Waals surface area contributed by atoms with E-state index in [1.165, 1.54) is 0 Å². The smallest absolute Gasteiger partial charge is 0.227 e. The van der Waals surface area contributed by atoms with Gasteiger partial charge in [0.15, 0.2) is 0 Å². The van der Waals surface area contributed by atoms with Crippen molar-refractivity contribution >= 4 is 5.91 Å². The number of ether oxygens (including phenoxy) is 1. The summed E-state index contributed by atoms with van der Waals surface area (Å²) >= 11 is 0. The van der Waals surface area contributed by atoms with Crippen LogP contribution in [0, 0.1) is 0 Å². The summed E-state index contributed by atoms with van der Waals surface area (Å²) in [6.07, 6.45) is 5.59. The van der Waals surface area contributed by atoms with Crippen LogP contribution in [0.1, 0.15) is 30.8 Å². The van der Waals surface area contributed by atoms with E-state index in [2.05, 4.69) is 26.1 Å². The van der Waals surface area contributed by atoms with Crippen LogP contribution >= 0.6 is 0 Å². The van der Waals surface area contributed by atoms with Gasteiger partial charge in [0.25, 0.3) is 0 Å². The lowest BCUT2D eigenvalue weighted by atomic mass is 10.0. The molecule has 3 aromatic rings. The Balaban J connectivity index is 1.20. The molecule has 1 amide bonds. The predicted octanol–water partition coefficient (Wildman–Crippen LogP) is 3.24. The minimum atomic E-state index is 0.117. The number of hydrogen-bond acceptors (Lipinski definition) is 7. The Morgan fingerprint density at radius 3 is 2.64 bits per heavy atom. The van der Waals surface area contributed by atoms with Crippen LogP contribution in [0.25, 0.3) is 11.4 Å². The topological polar surface area (TPSA) is 84.6 Å². The third kappa shape index (κ3) is 6.16. The van der Waals surface area contributed by atoms with Crippen LogP contribution in [0.5, 0.6) is 5.75 Å². The highest BCUT2D eigenvalue weighted by molar-refractivity contribution is 5.76. The number of likely N-dealkylation sites (tertiary alicyclic amines) is 1. The lowest BCUT2D eigenvalue weighted by Crippen LogP contribution is -2.46. The van der Waals surface area contributed by atoms with Crippen LogP contribution in [0.4, 0.5) is 0 Å². The van der Waals surface area contributed by atoms with Crippen LogP contribution in [-0.4, -0.2) is 70.7 Å². The molecule has 1 aliphatic rings. The van der Waals surface area contributed by atoms with E-state index in [-0.39, 0.29) is 11.9 Å². The van der Waals surface area contributed by atoms with Crippen molar-refractivity contribution < 1.29 is 14.1 Å². The SMILES string of the molecule is COc1ccc(-c2noc(CCC(=O)N(C)C3CCN(CCc4ccccn4)CC3)n2)cc1. The molecule has 33 heavy (non-hydrogen) atoms. The summed E-state index contributed by atoms with van der Waals surface area (Å²) in [5, 5.41) is 4.04. The normalized spacial score (nSPS) is 14.8.